The summed E-state index contributed by atoms with van der Waals surface area (Å²) < 4.78 is 0. The predicted molar refractivity (Wildman–Crippen MR) is 122 cm³/mol. The third-order valence-electron chi connectivity index (χ3n) is 6.23. The Kier molecular flexibility index (Phi) is 5.58. The molecule has 3 heterocycles. The number of piperidine rings is 1. The lowest BCUT2D eigenvalue weighted by Crippen LogP contribution is -2.34. The fourth-order valence-corrected chi connectivity index (χ4v) is 5.19. The number of rotatable bonds is 6. The van der Waals surface area contributed by atoms with E-state index in [0.29, 0.717) is 16.1 Å². The van der Waals surface area contributed by atoms with Gasteiger partial charge in [-0.3, -0.25) is 10.1 Å². The molecule has 2 aromatic heterocycles. The molecular weight excluding hydrogens is 432 g/mol. The molecule has 0 spiro atoms. The van der Waals surface area contributed by atoms with Crippen molar-refractivity contribution in [3.05, 3.63) is 58.2 Å². The Bertz CT molecular complexity index is 1050. The van der Waals surface area contributed by atoms with E-state index in [1.165, 1.54) is 11.3 Å². The molecule has 1 saturated heterocycles. The molecule has 1 amide bonds. The van der Waals surface area contributed by atoms with Crippen molar-refractivity contribution in [1.29, 1.82) is 0 Å². The minimum atomic E-state index is -0.455. The first-order valence-electron chi connectivity index (χ1n) is 10.5. The molecule has 160 valence electrons. The summed E-state index contributed by atoms with van der Waals surface area (Å²) in [5.74, 6) is 1.50. The number of nitrogens with zero attached hydrogens (tertiary/aromatic N) is 5. The second-order valence-electron chi connectivity index (χ2n) is 8.26. The lowest BCUT2D eigenvalue weighted by molar-refractivity contribution is -0.118. The van der Waals surface area contributed by atoms with E-state index in [9.17, 15) is 4.79 Å². The maximum absolute atomic E-state index is 12.9. The third-order valence-corrected chi connectivity index (χ3v) is 7.34. The predicted octanol–water partition coefficient (Wildman–Crippen LogP) is 4.11. The van der Waals surface area contributed by atoms with Crippen molar-refractivity contribution in [2.45, 2.75) is 37.5 Å². The van der Waals surface area contributed by atoms with Gasteiger partial charge >= 0.3 is 0 Å². The molecule has 9 heteroatoms. The van der Waals surface area contributed by atoms with Crippen LogP contribution in [0.3, 0.4) is 0 Å². The Morgan fingerprint density at radius 3 is 2.58 bits per heavy atom. The highest BCUT2D eigenvalue weighted by Crippen LogP contribution is 2.49. The van der Waals surface area contributed by atoms with Crippen LogP contribution < -0.4 is 10.2 Å². The van der Waals surface area contributed by atoms with E-state index in [1.54, 1.807) is 6.20 Å². The summed E-state index contributed by atoms with van der Waals surface area (Å²) in [6, 6.07) is 11.5. The summed E-state index contributed by atoms with van der Waals surface area (Å²) in [7, 11) is 0. The first-order chi connectivity index (χ1) is 15.1. The number of carbonyl (C=O) groups is 1. The van der Waals surface area contributed by atoms with E-state index in [-0.39, 0.29) is 5.91 Å². The average Bonchev–Trinajstić information content (AvgIpc) is 3.50. The molecule has 7 nitrogen and oxygen atoms in total. The molecule has 1 N–H and O–H groups in total. The van der Waals surface area contributed by atoms with Crippen LogP contribution in [-0.4, -0.2) is 39.4 Å². The third kappa shape index (κ3) is 4.41. The smallest absolute Gasteiger partial charge is 0.236 e. The molecule has 1 aliphatic carbocycles. The number of carbonyl (C=O) groups excluding carboxylic acids is 1. The van der Waals surface area contributed by atoms with Gasteiger partial charge in [-0.05, 0) is 61.4 Å². The zero-order valence-electron chi connectivity index (χ0n) is 17.0. The Morgan fingerprint density at radius 2 is 1.90 bits per heavy atom. The highest BCUT2D eigenvalue weighted by atomic mass is 35.5. The quantitative estimate of drug-likeness (QED) is 0.603. The van der Waals surface area contributed by atoms with E-state index in [4.69, 9.17) is 11.6 Å². The molecule has 0 radical (unpaired) electrons. The molecule has 1 saturated carbocycles. The minimum Gasteiger partial charge on any atom is -0.355 e. The first kappa shape index (κ1) is 20.3. The number of hydrogen-bond donors (Lipinski definition) is 1. The second-order valence-corrected chi connectivity index (χ2v) is 9.76. The molecular formula is C22H23ClN6OS. The molecule has 0 atom stereocenters. The van der Waals surface area contributed by atoms with Crippen molar-refractivity contribution in [3.63, 3.8) is 0 Å². The van der Waals surface area contributed by atoms with Gasteiger partial charge in [-0.15, -0.1) is 15.3 Å². The van der Waals surface area contributed by atoms with Gasteiger partial charge in [0.15, 0.2) is 5.82 Å². The van der Waals surface area contributed by atoms with Crippen molar-refractivity contribution in [2.75, 3.05) is 23.3 Å². The highest BCUT2D eigenvalue weighted by molar-refractivity contribution is 7.15. The monoisotopic (exact) mass is 454 g/mol. The topological polar surface area (TPSA) is 83.9 Å². The first-order valence-corrected chi connectivity index (χ1v) is 11.7. The van der Waals surface area contributed by atoms with Crippen molar-refractivity contribution >= 4 is 39.8 Å². The number of halogens is 1. The van der Waals surface area contributed by atoms with Gasteiger partial charge in [0.1, 0.15) is 5.01 Å². The van der Waals surface area contributed by atoms with Gasteiger partial charge in [-0.2, -0.15) is 5.10 Å². The second kappa shape index (κ2) is 8.51. The molecule has 31 heavy (non-hydrogen) atoms. The summed E-state index contributed by atoms with van der Waals surface area (Å²) in [5, 5.41) is 21.9. The van der Waals surface area contributed by atoms with Gasteiger partial charge in [0.2, 0.25) is 11.0 Å². The molecule has 0 unspecified atom stereocenters. The summed E-state index contributed by atoms with van der Waals surface area (Å²) in [5.41, 5.74) is 0.554. The molecule has 1 aromatic carbocycles. The van der Waals surface area contributed by atoms with Crippen LogP contribution in [0.1, 0.15) is 36.3 Å². The van der Waals surface area contributed by atoms with Crippen LogP contribution in [0.5, 0.6) is 0 Å². The van der Waals surface area contributed by atoms with Crippen molar-refractivity contribution < 1.29 is 4.79 Å². The van der Waals surface area contributed by atoms with Crippen LogP contribution in [0, 0.1) is 5.92 Å². The molecule has 2 fully saturated rings. The Balaban J connectivity index is 1.16. The lowest BCUT2D eigenvalue weighted by atomic mass is 9.94. The van der Waals surface area contributed by atoms with Crippen LogP contribution in [0.15, 0.2) is 42.6 Å². The van der Waals surface area contributed by atoms with Gasteiger partial charge in [-0.1, -0.05) is 35.1 Å². The number of anilines is 2. The zero-order chi connectivity index (χ0) is 21.3. The number of aromatic nitrogens is 4. The van der Waals surface area contributed by atoms with Crippen LogP contribution >= 0.6 is 22.9 Å². The molecule has 3 aromatic rings. The highest BCUT2D eigenvalue weighted by Gasteiger charge is 2.51. The van der Waals surface area contributed by atoms with Gasteiger partial charge in [0.25, 0.3) is 0 Å². The Morgan fingerprint density at radius 1 is 1.13 bits per heavy atom. The minimum absolute atomic E-state index is 0.00481. The normalized spacial score (nSPS) is 18.0. The fourth-order valence-electron chi connectivity index (χ4n) is 4.22. The molecule has 5 rings (SSSR count). The Hall–Kier alpha value is -2.58. The van der Waals surface area contributed by atoms with Gasteiger partial charge < -0.3 is 4.90 Å². The van der Waals surface area contributed by atoms with E-state index < -0.39 is 5.41 Å². The van der Waals surface area contributed by atoms with Crippen molar-refractivity contribution in [2.24, 2.45) is 5.92 Å². The Labute approximate surface area is 189 Å². The summed E-state index contributed by atoms with van der Waals surface area (Å²) in [4.78, 5) is 15.2. The van der Waals surface area contributed by atoms with Crippen LogP contribution in [0.2, 0.25) is 5.02 Å². The van der Waals surface area contributed by atoms with E-state index >= 15 is 0 Å². The van der Waals surface area contributed by atoms with Gasteiger partial charge in [-0.25, -0.2) is 0 Å². The molecule has 0 bridgehead atoms. The summed E-state index contributed by atoms with van der Waals surface area (Å²) in [6.07, 6.45) is 6.44. The number of nitrogens with one attached hydrogen (secondary N) is 1. The molecule has 2 aliphatic rings. The van der Waals surface area contributed by atoms with E-state index in [1.807, 2.05) is 36.4 Å². The standard InChI is InChI=1S/C22H23ClN6OS/c23-17-5-3-16(4-6-17)22(9-10-22)20(30)25-21-28-27-19(31-21)14-15-7-12-29(13-8-15)18-2-1-11-24-26-18/h1-6,11,15H,7-10,12-14H2,(H,25,28,30). The summed E-state index contributed by atoms with van der Waals surface area (Å²) >= 11 is 7.47. The zero-order valence-corrected chi connectivity index (χ0v) is 18.6. The van der Waals surface area contributed by atoms with E-state index in [0.717, 1.165) is 61.6 Å². The maximum atomic E-state index is 12.9. The van der Waals surface area contributed by atoms with Crippen LogP contribution in [0.25, 0.3) is 0 Å². The van der Waals surface area contributed by atoms with Crippen LogP contribution in [0.4, 0.5) is 10.9 Å². The number of benzene rings is 1. The van der Waals surface area contributed by atoms with E-state index in [2.05, 4.69) is 30.6 Å². The average molecular weight is 455 g/mol. The SMILES string of the molecule is O=C(Nc1nnc(CC2CCN(c3cccnn3)CC2)s1)C1(c2ccc(Cl)cc2)CC1. The van der Waals surface area contributed by atoms with Crippen molar-refractivity contribution in [3.8, 4) is 0 Å². The van der Waals surface area contributed by atoms with Gasteiger partial charge in [0, 0.05) is 30.7 Å². The largest absolute Gasteiger partial charge is 0.355 e. The number of hydrogen-bond acceptors (Lipinski definition) is 7. The maximum Gasteiger partial charge on any atom is 0.236 e. The number of amides is 1. The van der Waals surface area contributed by atoms with Gasteiger partial charge in [0.05, 0.1) is 5.41 Å². The fraction of sp³-hybridized carbons (Fsp3) is 0.409. The summed E-state index contributed by atoms with van der Waals surface area (Å²) in [6.45, 7) is 1.94. The lowest BCUT2D eigenvalue weighted by Gasteiger charge is -2.32. The van der Waals surface area contributed by atoms with Crippen molar-refractivity contribution in [1.82, 2.24) is 20.4 Å². The molecule has 1 aliphatic heterocycles. The van der Waals surface area contributed by atoms with Crippen LogP contribution in [-0.2, 0) is 16.6 Å².